The number of rotatable bonds is 41. The lowest BCUT2D eigenvalue weighted by molar-refractivity contribution is -0.166. The van der Waals surface area contributed by atoms with Crippen molar-refractivity contribution in [3.63, 3.8) is 0 Å². The molecule has 358 valence electrons. The first-order valence-corrected chi connectivity index (χ1v) is 24.7. The highest BCUT2D eigenvalue weighted by molar-refractivity contribution is 5.71. The summed E-state index contributed by atoms with van der Waals surface area (Å²) in [7, 11) is 0. The molecule has 0 fully saturated rings. The molecule has 0 aliphatic heterocycles. The second kappa shape index (κ2) is 51.4. The molecule has 0 saturated heterocycles. The van der Waals surface area contributed by atoms with Gasteiger partial charge in [0, 0.05) is 19.3 Å². The van der Waals surface area contributed by atoms with Gasteiger partial charge in [0.25, 0.3) is 0 Å². The largest absolute Gasteiger partial charge is 0.462 e. The van der Waals surface area contributed by atoms with Gasteiger partial charge in [0.05, 0.1) is 0 Å². The summed E-state index contributed by atoms with van der Waals surface area (Å²) in [5.41, 5.74) is 0. The average molecular weight is 891 g/mol. The number of allylic oxidation sites excluding steroid dienone is 28. The third-order valence-corrected chi connectivity index (χ3v) is 9.40. The molecule has 0 N–H and O–H groups in total. The minimum atomic E-state index is -0.846. The van der Waals surface area contributed by atoms with Crippen molar-refractivity contribution >= 4 is 17.9 Å². The third kappa shape index (κ3) is 49.6. The van der Waals surface area contributed by atoms with Gasteiger partial charge in [-0.2, -0.15) is 0 Å². The highest BCUT2D eigenvalue weighted by atomic mass is 16.6. The number of esters is 3. The van der Waals surface area contributed by atoms with Crippen LogP contribution in [0.4, 0.5) is 0 Å². The molecule has 6 heteroatoms. The Bertz CT molecular complexity index is 1590. The highest BCUT2D eigenvalue weighted by Gasteiger charge is 2.19. The summed E-state index contributed by atoms with van der Waals surface area (Å²) in [5, 5.41) is 0. The summed E-state index contributed by atoms with van der Waals surface area (Å²) >= 11 is 0. The van der Waals surface area contributed by atoms with Crippen LogP contribution in [0.3, 0.4) is 0 Å². The Labute approximate surface area is 396 Å². The fourth-order valence-electron chi connectivity index (χ4n) is 5.78. The number of hydrogen-bond donors (Lipinski definition) is 0. The van der Waals surface area contributed by atoms with E-state index in [1.807, 2.05) is 72.9 Å². The monoisotopic (exact) mass is 891 g/mol. The van der Waals surface area contributed by atoms with E-state index in [0.717, 1.165) is 103 Å². The Hall–Kier alpha value is -5.23. The lowest BCUT2D eigenvalue weighted by Gasteiger charge is -2.18. The standard InChI is InChI=1S/C59H86O6/c1-4-7-10-13-16-19-22-25-27-28-29-30-32-34-37-40-43-46-49-52-58(61)64-55-56(54-63-57(60)51-48-45-42-39-36-33-24-21-18-15-12-9-6-3)65-59(62)53-50-47-44-41-38-35-31-26-23-20-17-14-11-8-5-2/h7-12,14-21,23-27,29-31,33-34,36-37,43,46,56H,4-6,13,22,28,32,35,38-42,44-45,47-55H2,1-3H3/b10-7-,11-8-,12-9-,17-14-,18-15-,19-16-,23-20-,24-21-,27-25-,30-29-,31-26-,36-33-,37-34-,46-43-. The van der Waals surface area contributed by atoms with Crippen molar-refractivity contribution in [2.75, 3.05) is 13.2 Å². The molecule has 0 bridgehead atoms. The van der Waals surface area contributed by atoms with Crippen molar-refractivity contribution in [3.05, 3.63) is 170 Å². The van der Waals surface area contributed by atoms with Gasteiger partial charge in [-0.1, -0.05) is 217 Å². The molecule has 1 unspecified atom stereocenters. The van der Waals surface area contributed by atoms with Crippen LogP contribution in [0, 0.1) is 0 Å². The van der Waals surface area contributed by atoms with E-state index in [-0.39, 0.29) is 50.4 Å². The molecule has 0 aromatic carbocycles. The fourth-order valence-corrected chi connectivity index (χ4v) is 5.78. The average Bonchev–Trinajstić information content (AvgIpc) is 3.30. The van der Waals surface area contributed by atoms with E-state index in [2.05, 4.69) is 118 Å². The zero-order valence-corrected chi connectivity index (χ0v) is 40.7. The SMILES string of the molecule is CC\C=C/C=C\C=C/C=C\CCCCCCCC(=O)OC(COC(=O)CC/C=C\C/C=C\C/C=C\C/C=C\C/C=C\C/C=C\CC)COC(=O)CCCCC\C=C/C=C\C=C/C=C\CC. The topological polar surface area (TPSA) is 78.9 Å². The Morgan fingerprint density at radius 1 is 0.323 bits per heavy atom. The molecule has 0 aromatic heterocycles. The summed E-state index contributed by atoms with van der Waals surface area (Å²) in [6.45, 7) is 6.08. The van der Waals surface area contributed by atoms with Crippen LogP contribution >= 0.6 is 0 Å². The first-order valence-electron chi connectivity index (χ1n) is 24.7. The molecule has 0 radical (unpaired) electrons. The quantitative estimate of drug-likeness (QED) is 0.0200. The Balaban J connectivity index is 4.64. The number of hydrogen-bond acceptors (Lipinski definition) is 6. The zero-order chi connectivity index (χ0) is 47.2. The Morgan fingerprint density at radius 3 is 1.12 bits per heavy atom. The van der Waals surface area contributed by atoms with Crippen LogP contribution in [0.25, 0.3) is 0 Å². The minimum absolute atomic E-state index is 0.141. The third-order valence-electron chi connectivity index (χ3n) is 9.40. The highest BCUT2D eigenvalue weighted by Crippen LogP contribution is 2.11. The number of carbonyl (C=O) groups is 3. The van der Waals surface area contributed by atoms with Crippen LogP contribution < -0.4 is 0 Å². The molecule has 0 aromatic rings. The second-order valence-corrected chi connectivity index (χ2v) is 15.4. The van der Waals surface area contributed by atoms with E-state index in [9.17, 15) is 14.4 Å². The van der Waals surface area contributed by atoms with E-state index in [0.29, 0.717) is 19.3 Å². The van der Waals surface area contributed by atoms with Gasteiger partial charge >= 0.3 is 17.9 Å². The van der Waals surface area contributed by atoms with E-state index in [4.69, 9.17) is 14.2 Å². The maximum absolute atomic E-state index is 12.8. The van der Waals surface area contributed by atoms with Crippen molar-refractivity contribution in [1.82, 2.24) is 0 Å². The van der Waals surface area contributed by atoms with Gasteiger partial charge in [-0.25, -0.2) is 0 Å². The van der Waals surface area contributed by atoms with Gasteiger partial charge in [0.1, 0.15) is 13.2 Å². The maximum Gasteiger partial charge on any atom is 0.306 e. The molecular weight excluding hydrogens is 805 g/mol. The van der Waals surface area contributed by atoms with Crippen molar-refractivity contribution in [2.45, 2.75) is 168 Å². The number of ether oxygens (including phenoxy) is 3. The summed E-state index contributed by atoms with van der Waals surface area (Å²) in [6.07, 6.45) is 76.3. The summed E-state index contributed by atoms with van der Waals surface area (Å²) in [4.78, 5) is 37.9. The van der Waals surface area contributed by atoms with Crippen molar-refractivity contribution < 1.29 is 28.6 Å². The van der Waals surface area contributed by atoms with Crippen LogP contribution in [0.5, 0.6) is 0 Å². The smallest absolute Gasteiger partial charge is 0.306 e. The molecule has 0 aliphatic carbocycles. The van der Waals surface area contributed by atoms with Gasteiger partial charge < -0.3 is 14.2 Å². The van der Waals surface area contributed by atoms with E-state index in [1.54, 1.807) is 0 Å². The first-order chi connectivity index (χ1) is 32.0. The number of carbonyl (C=O) groups excluding carboxylic acids is 3. The fraction of sp³-hybridized carbons (Fsp3) is 0.475. The van der Waals surface area contributed by atoms with Crippen LogP contribution in [-0.2, 0) is 28.6 Å². The number of unbranched alkanes of at least 4 members (excludes halogenated alkanes) is 8. The predicted molar refractivity (Wildman–Crippen MR) is 278 cm³/mol. The van der Waals surface area contributed by atoms with Gasteiger partial charge in [-0.3, -0.25) is 14.4 Å². The van der Waals surface area contributed by atoms with Gasteiger partial charge in [0.2, 0.25) is 0 Å². The Kier molecular flexibility index (Phi) is 47.3. The van der Waals surface area contributed by atoms with Crippen molar-refractivity contribution in [2.24, 2.45) is 0 Å². The van der Waals surface area contributed by atoms with E-state index >= 15 is 0 Å². The van der Waals surface area contributed by atoms with E-state index < -0.39 is 6.10 Å². The molecule has 1 atom stereocenters. The predicted octanol–water partition coefficient (Wildman–Crippen LogP) is 16.4. The lowest BCUT2D eigenvalue weighted by Crippen LogP contribution is -2.30. The van der Waals surface area contributed by atoms with Gasteiger partial charge in [-0.05, 0) is 96.3 Å². The maximum atomic E-state index is 12.8. The molecule has 6 nitrogen and oxygen atoms in total. The van der Waals surface area contributed by atoms with Crippen LogP contribution in [-0.4, -0.2) is 37.2 Å². The molecule has 65 heavy (non-hydrogen) atoms. The first kappa shape index (κ1) is 59.8. The summed E-state index contributed by atoms with van der Waals surface area (Å²) in [5.74, 6) is -1.11. The Morgan fingerprint density at radius 2 is 0.662 bits per heavy atom. The molecule has 0 heterocycles. The van der Waals surface area contributed by atoms with Crippen LogP contribution in [0.15, 0.2) is 170 Å². The van der Waals surface area contributed by atoms with Gasteiger partial charge in [-0.15, -0.1) is 0 Å². The van der Waals surface area contributed by atoms with E-state index in [1.165, 1.54) is 0 Å². The van der Waals surface area contributed by atoms with Crippen LogP contribution in [0.2, 0.25) is 0 Å². The minimum Gasteiger partial charge on any atom is -0.462 e. The molecular formula is C59H86O6. The normalized spacial score (nSPS) is 13.6. The molecule has 0 spiro atoms. The zero-order valence-electron chi connectivity index (χ0n) is 40.7. The summed E-state index contributed by atoms with van der Waals surface area (Å²) < 4.78 is 16.6. The molecule has 0 rings (SSSR count). The summed E-state index contributed by atoms with van der Waals surface area (Å²) in [6, 6.07) is 0. The van der Waals surface area contributed by atoms with Crippen LogP contribution in [0.1, 0.15) is 162 Å². The van der Waals surface area contributed by atoms with Crippen molar-refractivity contribution in [3.8, 4) is 0 Å². The van der Waals surface area contributed by atoms with Gasteiger partial charge in [0.15, 0.2) is 6.10 Å². The van der Waals surface area contributed by atoms with Crippen molar-refractivity contribution in [1.29, 1.82) is 0 Å². The molecule has 0 amide bonds. The second-order valence-electron chi connectivity index (χ2n) is 15.4. The lowest BCUT2D eigenvalue weighted by atomic mass is 10.1. The molecule has 0 saturated carbocycles. The molecule has 0 aliphatic rings.